The predicted octanol–water partition coefficient (Wildman–Crippen LogP) is 2.16. The van der Waals surface area contributed by atoms with Crippen molar-refractivity contribution in [3.05, 3.63) is 30.1 Å². The highest BCUT2D eigenvalue weighted by Crippen LogP contribution is 2.10. The van der Waals surface area contributed by atoms with E-state index in [2.05, 4.69) is 30.2 Å². The smallest absolute Gasteiger partial charge is 0.0616 e. The summed E-state index contributed by atoms with van der Waals surface area (Å²) in [6, 6.07) is 4.72. The minimum absolute atomic E-state index is 0.314. The number of ether oxygens (including phenoxy) is 1. The fourth-order valence-corrected chi connectivity index (χ4v) is 1.50. The van der Waals surface area contributed by atoms with Crippen molar-refractivity contribution in [3.63, 3.8) is 0 Å². The number of nitrogens with zero attached hydrogens (tertiary/aromatic N) is 1. The van der Waals surface area contributed by atoms with Crippen molar-refractivity contribution in [3.8, 4) is 0 Å². The number of aromatic nitrogens is 1. The van der Waals surface area contributed by atoms with Gasteiger partial charge in [0.2, 0.25) is 0 Å². The molecule has 1 rings (SSSR count). The molecule has 0 fully saturated rings. The molecule has 0 spiro atoms. The molecule has 1 aromatic heterocycles. The highest BCUT2D eigenvalue weighted by molar-refractivity contribution is 5.12. The lowest BCUT2D eigenvalue weighted by molar-refractivity contribution is 0.124. The average molecular weight is 208 g/mol. The van der Waals surface area contributed by atoms with Crippen molar-refractivity contribution in [1.29, 1.82) is 0 Å². The van der Waals surface area contributed by atoms with Gasteiger partial charge in [-0.15, -0.1) is 0 Å². The summed E-state index contributed by atoms with van der Waals surface area (Å²) in [7, 11) is 0. The van der Waals surface area contributed by atoms with Gasteiger partial charge in [-0.3, -0.25) is 4.98 Å². The molecule has 0 aromatic carbocycles. The Kier molecular flexibility index (Phi) is 5.29. The Morgan fingerprint density at radius 1 is 1.47 bits per heavy atom. The van der Waals surface area contributed by atoms with E-state index in [0.717, 1.165) is 13.2 Å². The minimum Gasteiger partial charge on any atom is -0.380 e. The second kappa shape index (κ2) is 6.53. The summed E-state index contributed by atoms with van der Waals surface area (Å²) < 4.78 is 5.35. The number of hydrogen-bond donors (Lipinski definition) is 1. The molecular weight excluding hydrogens is 188 g/mol. The van der Waals surface area contributed by atoms with Crippen LogP contribution < -0.4 is 5.32 Å². The molecule has 3 heteroatoms. The van der Waals surface area contributed by atoms with Crippen molar-refractivity contribution in [1.82, 2.24) is 10.3 Å². The van der Waals surface area contributed by atoms with Crippen LogP contribution in [0.3, 0.4) is 0 Å². The molecule has 3 nitrogen and oxygen atoms in total. The van der Waals surface area contributed by atoms with E-state index in [1.807, 2.05) is 19.2 Å². The van der Waals surface area contributed by atoms with E-state index in [1.54, 1.807) is 6.20 Å². The SMILES string of the molecule is CCOCC(C)N[C@@H](C)c1cccnc1. The van der Waals surface area contributed by atoms with E-state index < -0.39 is 0 Å². The second-order valence-electron chi connectivity index (χ2n) is 3.74. The van der Waals surface area contributed by atoms with Crippen molar-refractivity contribution >= 4 is 0 Å². The lowest BCUT2D eigenvalue weighted by atomic mass is 10.1. The average Bonchev–Trinajstić information content (AvgIpc) is 2.27. The van der Waals surface area contributed by atoms with E-state index in [0.29, 0.717) is 12.1 Å². The van der Waals surface area contributed by atoms with Gasteiger partial charge in [0, 0.05) is 31.1 Å². The molecule has 2 atom stereocenters. The summed E-state index contributed by atoms with van der Waals surface area (Å²) in [5, 5.41) is 3.47. The van der Waals surface area contributed by atoms with Crippen molar-refractivity contribution in [2.45, 2.75) is 32.9 Å². The fourth-order valence-electron chi connectivity index (χ4n) is 1.50. The summed E-state index contributed by atoms with van der Waals surface area (Å²) >= 11 is 0. The van der Waals surface area contributed by atoms with E-state index in [4.69, 9.17) is 4.74 Å². The molecule has 1 aromatic rings. The molecule has 1 heterocycles. The maximum atomic E-state index is 5.35. The lowest BCUT2D eigenvalue weighted by Gasteiger charge is -2.19. The van der Waals surface area contributed by atoms with Gasteiger partial charge in [-0.2, -0.15) is 0 Å². The van der Waals surface area contributed by atoms with Crippen LogP contribution in [0, 0.1) is 0 Å². The number of nitrogens with one attached hydrogen (secondary N) is 1. The maximum absolute atomic E-state index is 5.35. The number of hydrogen-bond acceptors (Lipinski definition) is 3. The minimum atomic E-state index is 0.314. The molecule has 15 heavy (non-hydrogen) atoms. The van der Waals surface area contributed by atoms with Gasteiger partial charge in [0.1, 0.15) is 0 Å². The molecule has 0 aliphatic carbocycles. The van der Waals surface area contributed by atoms with Gasteiger partial charge in [-0.05, 0) is 32.4 Å². The Labute approximate surface area is 91.9 Å². The largest absolute Gasteiger partial charge is 0.380 e. The van der Waals surface area contributed by atoms with E-state index in [-0.39, 0.29) is 0 Å². The van der Waals surface area contributed by atoms with E-state index in [9.17, 15) is 0 Å². The normalized spacial score (nSPS) is 14.9. The Morgan fingerprint density at radius 3 is 2.87 bits per heavy atom. The van der Waals surface area contributed by atoms with Gasteiger partial charge in [0.15, 0.2) is 0 Å². The van der Waals surface area contributed by atoms with Crippen LogP contribution >= 0.6 is 0 Å². The molecule has 0 radical (unpaired) electrons. The first-order valence-electron chi connectivity index (χ1n) is 5.47. The third-order valence-electron chi connectivity index (χ3n) is 2.29. The van der Waals surface area contributed by atoms with Gasteiger partial charge >= 0.3 is 0 Å². The van der Waals surface area contributed by atoms with Gasteiger partial charge in [0.05, 0.1) is 6.61 Å². The fraction of sp³-hybridized carbons (Fsp3) is 0.583. The Balaban J connectivity index is 2.38. The Morgan fingerprint density at radius 2 is 2.27 bits per heavy atom. The van der Waals surface area contributed by atoms with Crippen LogP contribution in [0.15, 0.2) is 24.5 Å². The van der Waals surface area contributed by atoms with E-state index >= 15 is 0 Å². The summed E-state index contributed by atoms with van der Waals surface area (Å²) in [6.07, 6.45) is 3.69. The Hall–Kier alpha value is -0.930. The molecular formula is C12H20N2O. The monoisotopic (exact) mass is 208 g/mol. The van der Waals surface area contributed by atoms with E-state index in [1.165, 1.54) is 5.56 Å². The first-order valence-corrected chi connectivity index (χ1v) is 5.47. The molecule has 0 amide bonds. The van der Waals surface area contributed by atoms with Gasteiger partial charge in [-0.1, -0.05) is 6.07 Å². The highest BCUT2D eigenvalue weighted by Gasteiger charge is 2.08. The molecule has 1 unspecified atom stereocenters. The van der Waals surface area contributed by atoms with Gasteiger partial charge in [0.25, 0.3) is 0 Å². The molecule has 0 bridgehead atoms. The van der Waals surface area contributed by atoms with Crippen LogP contribution in [0.25, 0.3) is 0 Å². The first kappa shape index (κ1) is 12.1. The molecule has 1 N–H and O–H groups in total. The van der Waals surface area contributed by atoms with Crippen LogP contribution in [-0.2, 0) is 4.74 Å². The standard InChI is InChI=1S/C12H20N2O/c1-4-15-9-10(2)14-11(3)12-6-5-7-13-8-12/h5-8,10-11,14H,4,9H2,1-3H3/t10?,11-/m0/s1. The van der Waals surface area contributed by atoms with Crippen molar-refractivity contribution < 1.29 is 4.74 Å². The highest BCUT2D eigenvalue weighted by atomic mass is 16.5. The summed E-state index contributed by atoms with van der Waals surface area (Å²) in [5.74, 6) is 0. The van der Waals surface area contributed by atoms with Crippen LogP contribution in [0.1, 0.15) is 32.4 Å². The summed E-state index contributed by atoms with van der Waals surface area (Å²) in [5.41, 5.74) is 1.21. The summed E-state index contributed by atoms with van der Waals surface area (Å²) in [4.78, 5) is 4.10. The third kappa shape index (κ3) is 4.40. The van der Waals surface area contributed by atoms with Crippen LogP contribution in [-0.4, -0.2) is 24.2 Å². The zero-order chi connectivity index (χ0) is 11.1. The van der Waals surface area contributed by atoms with Gasteiger partial charge < -0.3 is 10.1 Å². The quantitative estimate of drug-likeness (QED) is 0.778. The van der Waals surface area contributed by atoms with Gasteiger partial charge in [-0.25, -0.2) is 0 Å². The maximum Gasteiger partial charge on any atom is 0.0616 e. The molecule has 84 valence electrons. The zero-order valence-corrected chi connectivity index (χ0v) is 9.73. The second-order valence-corrected chi connectivity index (χ2v) is 3.74. The van der Waals surface area contributed by atoms with Crippen LogP contribution in [0.2, 0.25) is 0 Å². The number of pyridine rings is 1. The lowest BCUT2D eigenvalue weighted by Crippen LogP contribution is -2.32. The van der Waals surface area contributed by atoms with Crippen LogP contribution in [0.4, 0.5) is 0 Å². The zero-order valence-electron chi connectivity index (χ0n) is 9.73. The molecule has 0 aliphatic heterocycles. The molecule has 0 saturated carbocycles. The third-order valence-corrected chi connectivity index (χ3v) is 2.29. The predicted molar refractivity (Wildman–Crippen MR) is 61.7 cm³/mol. The molecule has 0 saturated heterocycles. The topological polar surface area (TPSA) is 34.1 Å². The summed E-state index contributed by atoms with van der Waals surface area (Å²) in [6.45, 7) is 7.80. The molecule has 0 aliphatic rings. The van der Waals surface area contributed by atoms with Crippen molar-refractivity contribution in [2.24, 2.45) is 0 Å². The van der Waals surface area contributed by atoms with Crippen molar-refractivity contribution in [2.75, 3.05) is 13.2 Å². The van der Waals surface area contributed by atoms with Crippen LogP contribution in [0.5, 0.6) is 0 Å². The first-order chi connectivity index (χ1) is 7.24. The Bertz CT molecular complexity index is 264. The number of rotatable bonds is 6.